The van der Waals surface area contributed by atoms with Crippen molar-refractivity contribution in [2.24, 2.45) is 0 Å². The van der Waals surface area contributed by atoms with Crippen molar-refractivity contribution in [3.05, 3.63) is 42.9 Å². The highest BCUT2D eigenvalue weighted by Gasteiger charge is 2.18. The molecule has 2 heterocycles. The Hall–Kier alpha value is -2.94. The minimum absolute atomic E-state index is 0.0840. The van der Waals surface area contributed by atoms with Gasteiger partial charge in [0, 0.05) is 6.04 Å². The Kier molecular flexibility index (Phi) is 6.04. The molecule has 1 saturated carbocycles. The van der Waals surface area contributed by atoms with Crippen LogP contribution in [-0.4, -0.2) is 43.5 Å². The van der Waals surface area contributed by atoms with E-state index in [1.54, 1.807) is 10.9 Å². The van der Waals surface area contributed by atoms with Crippen LogP contribution in [0.25, 0.3) is 16.7 Å². The average molecular weight is 411 g/mol. The molecule has 0 bridgehead atoms. The van der Waals surface area contributed by atoms with Gasteiger partial charge < -0.3 is 5.32 Å². The Morgan fingerprint density at radius 3 is 2.69 bits per heavy atom. The second-order valence-corrected chi connectivity index (χ2v) is 7.92. The number of nitrogens with one attached hydrogen (secondary N) is 2. The Labute approximate surface area is 172 Å². The van der Waals surface area contributed by atoms with Crippen LogP contribution in [0.2, 0.25) is 0 Å². The molecule has 1 aromatic carbocycles. The molecule has 8 nitrogen and oxygen atoms in total. The second-order valence-electron chi connectivity index (χ2n) is 6.95. The molecule has 0 spiro atoms. The lowest BCUT2D eigenvalue weighted by molar-refractivity contribution is -0.117. The second kappa shape index (κ2) is 9.04. The quantitative estimate of drug-likeness (QED) is 0.495. The number of carbonyl (C=O) groups excluding carboxylic acids is 2. The molecule has 29 heavy (non-hydrogen) atoms. The first-order valence-corrected chi connectivity index (χ1v) is 10.7. The lowest BCUT2D eigenvalue weighted by atomic mass is 9.96. The van der Waals surface area contributed by atoms with E-state index in [2.05, 4.69) is 25.7 Å². The number of rotatable bonds is 5. The highest BCUT2D eigenvalue weighted by molar-refractivity contribution is 8.00. The standard InChI is InChI=1S/C20H22N6O2S/c27-17(25-20(28)24-14-7-3-1-4-8-14)12-29-19-16-11-23-26(18(16)21-13-22-19)15-9-5-2-6-10-15/h2,5-6,9-11,13-14H,1,3-4,7-8,12H2,(H2,24,25,27,28). The minimum atomic E-state index is -0.424. The molecule has 0 unspecified atom stereocenters. The fourth-order valence-corrected chi connectivity index (χ4v) is 4.22. The maximum Gasteiger partial charge on any atom is 0.321 e. The molecule has 1 aliphatic rings. The Morgan fingerprint density at radius 2 is 1.90 bits per heavy atom. The summed E-state index contributed by atoms with van der Waals surface area (Å²) >= 11 is 1.26. The summed E-state index contributed by atoms with van der Waals surface area (Å²) in [4.78, 5) is 32.8. The van der Waals surface area contributed by atoms with Crippen molar-refractivity contribution >= 4 is 34.7 Å². The Morgan fingerprint density at radius 1 is 1.10 bits per heavy atom. The number of hydrogen-bond donors (Lipinski definition) is 2. The fraction of sp³-hybridized carbons (Fsp3) is 0.350. The van der Waals surface area contributed by atoms with Crippen molar-refractivity contribution in [3.63, 3.8) is 0 Å². The van der Waals surface area contributed by atoms with Crippen molar-refractivity contribution in [1.82, 2.24) is 30.4 Å². The summed E-state index contributed by atoms with van der Waals surface area (Å²) in [5, 5.41) is 11.1. The van der Waals surface area contributed by atoms with Crippen LogP contribution in [0.15, 0.2) is 47.9 Å². The van der Waals surface area contributed by atoms with Crippen LogP contribution >= 0.6 is 11.8 Å². The topological polar surface area (TPSA) is 102 Å². The van der Waals surface area contributed by atoms with Gasteiger partial charge in [0.25, 0.3) is 0 Å². The van der Waals surface area contributed by atoms with Gasteiger partial charge in [-0.05, 0) is 25.0 Å². The van der Waals surface area contributed by atoms with E-state index in [0.29, 0.717) is 10.7 Å². The minimum Gasteiger partial charge on any atom is -0.335 e. The van der Waals surface area contributed by atoms with E-state index in [1.807, 2.05) is 30.3 Å². The van der Waals surface area contributed by atoms with Crippen LogP contribution in [0, 0.1) is 0 Å². The third kappa shape index (κ3) is 4.73. The van der Waals surface area contributed by atoms with Gasteiger partial charge in [0.05, 0.1) is 23.0 Å². The average Bonchev–Trinajstić information content (AvgIpc) is 3.18. The van der Waals surface area contributed by atoms with E-state index < -0.39 is 6.03 Å². The summed E-state index contributed by atoms with van der Waals surface area (Å²) in [6.45, 7) is 0. The smallest absolute Gasteiger partial charge is 0.321 e. The molecule has 0 radical (unpaired) electrons. The molecular weight excluding hydrogens is 388 g/mol. The predicted molar refractivity (Wildman–Crippen MR) is 111 cm³/mol. The van der Waals surface area contributed by atoms with Crippen LogP contribution in [0.3, 0.4) is 0 Å². The Balaban J connectivity index is 1.37. The van der Waals surface area contributed by atoms with Gasteiger partial charge in [0.2, 0.25) is 5.91 Å². The number of thioether (sulfide) groups is 1. The van der Waals surface area contributed by atoms with Crippen LogP contribution in [-0.2, 0) is 4.79 Å². The van der Waals surface area contributed by atoms with E-state index in [9.17, 15) is 9.59 Å². The van der Waals surface area contributed by atoms with Crippen molar-refractivity contribution < 1.29 is 9.59 Å². The zero-order valence-electron chi connectivity index (χ0n) is 15.9. The van der Waals surface area contributed by atoms with Gasteiger partial charge in [-0.25, -0.2) is 19.4 Å². The lowest BCUT2D eigenvalue weighted by Gasteiger charge is -2.22. The molecule has 0 aliphatic heterocycles. The molecule has 3 amide bonds. The summed E-state index contributed by atoms with van der Waals surface area (Å²) in [7, 11) is 0. The van der Waals surface area contributed by atoms with Crippen molar-refractivity contribution in [1.29, 1.82) is 0 Å². The van der Waals surface area contributed by atoms with Gasteiger partial charge in [-0.15, -0.1) is 0 Å². The summed E-state index contributed by atoms with van der Waals surface area (Å²) in [6, 6.07) is 9.43. The van der Waals surface area contributed by atoms with E-state index >= 15 is 0 Å². The zero-order valence-corrected chi connectivity index (χ0v) is 16.7. The van der Waals surface area contributed by atoms with Crippen molar-refractivity contribution in [3.8, 4) is 5.69 Å². The molecule has 1 fully saturated rings. The van der Waals surface area contributed by atoms with Gasteiger partial charge in [-0.3, -0.25) is 10.1 Å². The first kappa shape index (κ1) is 19.4. The van der Waals surface area contributed by atoms with Gasteiger partial charge in [-0.1, -0.05) is 49.2 Å². The molecule has 2 N–H and O–H groups in total. The van der Waals surface area contributed by atoms with Gasteiger partial charge in [0.1, 0.15) is 11.4 Å². The number of carbonyl (C=O) groups is 2. The summed E-state index contributed by atoms with van der Waals surface area (Å²) in [5.41, 5.74) is 1.57. The normalized spacial score (nSPS) is 14.6. The van der Waals surface area contributed by atoms with Crippen LogP contribution in [0.4, 0.5) is 4.79 Å². The van der Waals surface area contributed by atoms with Gasteiger partial charge in [0.15, 0.2) is 5.65 Å². The maximum atomic E-state index is 12.2. The van der Waals surface area contributed by atoms with Gasteiger partial charge in [-0.2, -0.15) is 5.10 Å². The molecule has 0 atom stereocenters. The predicted octanol–water partition coefficient (Wildman–Crippen LogP) is 3.07. The highest BCUT2D eigenvalue weighted by atomic mass is 32.2. The van der Waals surface area contributed by atoms with E-state index in [-0.39, 0.29) is 17.7 Å². The molecule has 1 aliphatic carbocycles. The molecule has 2 aromatic heterocycles. The first-order chi connectivity index (χ1) is 14.2. The van der Waals surface area contributed by atoms with Crippen LogP contribution in [0.5, 0.6) is 0 Å². The SMILES string of the molecule is O=C(CSc1ncnc2c1cnn2-c1ccccc1)NC(=O)NC1CCCCC1. The molecule has 4 rings (SSSR count). The van der Waals surface area contributed by atoms with E-state index in [0.717, 1.165) is 36.8 Å². The third-order valence-corrected chi connectivity index (χ3v) is 5.87. The number of benzene rings is 1. The number of para-hydroxylation sites is 1. The molecule has 0 saturated heterocycles. The number of imide groups is 1. The van der Waals surface area contributed by atoms with Crippen molar-refractivity contribution in [2.75, 3.05) is 5.75 Å². The lowest BCUT2D eigenvalue weighted by Crippen LogP contribution is -2.45. The van der Waals surface area contributed by atoms with Crippen LogP contribution in [0.1, 0.15) is 32.1 Å². The number of nitrogens with zero attached hydrogens (tertiary/aromatic N) is 4. The van der Waals surface area contributed by atoms with E-state index in [1.165, 1.54) is 24.5 Å². The summed E-state index contributed by atoms with van der Waals surface area (Å²) < 4.78 is 1.73. The number of fused-ring (bicyclic) bond motifs is 1. The molecule has 9 heteroatoms. The number of urea groups is 1. The summed E-state index contributed by atoms with van der Waals surface area (Å²) in [6.07, 6.45) is 8.55. The van der Waals surface area contributed by atoms with E-state index in [4.69, 9.17) is 0 Å². The first-order valence-electron chi connectivity index (χ1n) is 9.68. The number of aromatic nitrogens is 4. The third-order valence-electron chi connectivity index (χ3n) is 4.86. The highest BCUT2D eigenvalue weighted by Crippen LogP contribution is 2.25. The number of amides is 3. The maximum absolute atomic E-state index is 12.2. The van der Waals surface area contributed by atoms with Gasteiger partial charge >= 0.3 is 6.03 Å². The molecule has 150 valence electrons. The fourth-order valence-electron chi connectivity index (χ4n) is 3.46. The molecule has 3 aromatic rings. The zero-order chi connectivity index (χ0) is 20.1. The van der Waals surface area contributed by atoms with Crippen LogP contribution < -0.4 is 10.6 Å². The number of hydrogen-bond acceptors (Lipinski definition) is 6. The summed E-state index contributed by atoms with van der Waals surface area (Å²) in [5.74, 6) is -0.272. The Bertz CT molecular complexity index is 1000. The largest absolute Gasteiger partial charge is 0.335 e. The monoisotopic (exact) mass is 410 g/mol. The molecular formula is C20H22N6O2S. The van der Waals surface area contributed by atoms with Crippen molar-refractivity contribution in [2.45, 2.75) is 43.2 Å².